The van der Waals surface area contributed by atoms with E-state index in [1.807, 2.05) is 0 Å². The van der Waals surface area contributed by atoms with Gasteiger partial charge in [0.1, 0.15) is 22.6 Å². The number of hydrogen-bond acceptors (Lipinski definition) is 4. The van der Waals surface area contributed by atoms with Gasteiger partial charge < -0.3 is 5.32 Å². The number of rotatable bonds is 2. The number of nitrogens with zero attached hydrogens (tertiary/aromatic N) is 1. The molecule has 0 bridgehead atoms. The topological polar surface area (TPSA) is 70.0 Å². The molecular weight excluding hydrogens is 286 g/mol. The summed E-state index contributed by atoms with van der Waals surface area (Å²) < 4.78 is 51.4. The molecule has 1 aliphatic rings. The number of nitriles is 1. The molecule has 106 valence electrons. The number of piperidine rings is 1. The summed E-state index contributed by atoms with van der Waals surface area (Å²) in [5, 5.41) is 11.9. The lowest BCUT2D eigenvalue weighted by Gasteiger charge is -2.18. The van der Waals surface area contributed by atoms with Gasteiger partial charge in [-0.25, -0.2) is 17.2 Å². The fraction of sp³-hybridized carbons (Fsp3) is 0.308. The van der Waals surface area contributed by atoms with Crippen molar-refractivity contribution in [1.29, 1.82) is 5.26 Å². The zero-order valence-electron chi connectivity index (χ0n) is 10.5. The van der Waals surface area contributed by atoms with Gasteiger partial charge in [-0.3, -0.25) is 0 Å². The maximum absolute atomic E-state index is 13.6. The molecule has 0 aromatic heterocycles. The SMILES string of the molecule is N#CC(=C1CCCCN1)S(=O)(=O)c1cc(F)ccc1F. The molecule has 0 amide bonds. The molecule has 1 fully saturated rings. The predicted octanol–water partition coefficient (Wildman–Crippen LogP) is 2.25. The second-order valence-electron chi connectivity index (χ2n) is 4.38. The number of halogens is 2. The monoisotopic (exact) mass is 298 g/mol. The molecule has 1 aromatic rings. The zero-order chi connectivity index (χ0) is 14.8. The van der Waals surface area contributed by atoms with Crippen LogP contribution in [-0.4, -0.2) is 15.0 Å². The molecular formula is C13H12F2N2O2S. The lowest BCUT2D eigenvalue weighted by atomic mass is 10.1. The summed E-state index contributed by atoms with van der Waals surface area (Å²) in [4.78, 5) is -1.35. The van der Waals surface area contributed by atoms with Crippen molar-refractivity contribution in [2.45, 2.75) is 24.2 Å². The van der Waals surface area contributed by atoms with Crippen LogP contribution in [0.15, 0.2) is 33.7 Å². The Labute approximate surface area is 115 Å². The Morgan fingerprint density at radius 2 is 2.05 bits per heavy atom. The number of hydrogen-bond donors (Lipinski definition) is 1. The minimum atomic E-state index is -4.36. The number of nitrogens with one attached hydrogen (secondary N) is 1. The average molecular weight is 298 g/mol. The minimum Gasteiger partial charge on any atom is -0.387 e. The normalized spacial score (nSPS) is 18.1. The van der Waals surface area contributed by atoms with Crippen molar-refractivity contribution >= 4 is 9.84 Å². The third-order valence-corrected chi connectivity index (χ3v) is 4.79. The molecule has 4 nitrogen and oxygen atoms in total. The summed E-state index contributed by atoms with van der Waals surface area (Å²) >= 11 is 0. The Morgan fingerprint density at radius 3 is 2.65 bits per heavy atom. The Balaban J connectivity index is 2.59. The minimum absolute atomic E-state index is 0.266. The van der Waals surface area contributed by atoms with Crippen molar-refractivity contribution in [3.63, 3.8) is 0 Å². The van der Waals surface area contributed by atoms with Crippen LogP contribution in [0.4, 0.5) is 8.78 Å². The van der Waals surface area contributed by atoms with Gasteiger partial charge in [-0.15, -0.1) is 0 Å². The van der Waals surface area contributed by atoms with Gasteiger partial charge in [0.05, 0.1) is 0 Å². The van der Waals surface area contributed by atoms with Gasteiger partial charge in [0, 0.05) is 12.2 Å². The molecule has 1 saturated heterocycles. The lowest BCUT2D eigenvalue weighted by molar-refractivity contribution is 0.553. The van der Waals surface area contributed by atoms with E-state index in [4.69, 9.17) is 5.26 Å². The smallest absolute Gasteiger partial charge is 0.221 e. The van der Waals surface area contributed by atoms with E-state index in [-0.39, 0.29) is 5.70 Å². The number of allylic oxidation sites excluding steroid dienone is 2. The first kappa shape index (κ1) is 14.5. The van der Waals surface area contributed by atoms with E-state index in [0.29, 0.717) is 19.0 Å². The van der Waals surface area contributed by atoms with Gasteiger partial charge in [-0.05, 0) is 37.5 Å². The van der Waals surface area contributed by atoms with Crippen LogP contribution >= 0.6 is 0 Å². The summed E-state index contributed by atoms with van der Waals surface area (Å²) in [6, 6.07) is 3.74. The standard InChI is InChI=1S/C13H12F2N2O2S/c14-9-4-5-10(15)12(7-9)20(18,19)13(8-16)11-3-1-2-6-17-11/h4-5,7,17H,1-3,6H2. The van der Waals surface area contributed by atoms with Gasteiger partial charge in [0.2, 0.25) is 9.84 Å². The lowest BCUT2D eigenvalue weighted by Crippen LogP contribution is -2.24. The summed E-state index contributed by atoms with van der Waals surface area (Å²) in [5.41, 5.74) is 0.266. The molecule has 1 heterocycles. The molecule has 1 N–H and O–H groups in total. The molecule has 0 saturated carbocycles. The molecule has 7 heteroatoms. The van der Waals surface area contributed by atoms with Crippen LogP contribution in [0, 0.1) is 23.0 Å². The predicted molar refractivity (Wildman–Crippen MR) is 68.0 cm³/mol. The van der Waals surface area contributed by atoms with Crippen LogP contribution in [0.25, 0.3) is 0 Å². The first-order valence-electron chi connectivity index (χ1n) is 6.04. The van der Waals surface area contributed by atoms with Crippen molar-refractivity contribution in [2.75, 3.05) is 6.54 Å². The van der Waals surface area contributed by atoms with Crippen LogP contribution in [0.2, 0.25) is 0 Å². The van der Waals surface area contributed by atoms with Crippen molar-refractivity contribution in [3.8, 4) is 6.07 Å². The molecule has 0 radical (unpaired) electrons. The molecule has 20 heavy (non-hydrogen) atoms. The van der Waals surface area contributed by atoms with E-state index >= 15 is 0 Å². The van der Waals surface area contributed by atoms with E-state index in [1.54, 1.807) is 6.07 Å². The molecule has 0 unspecified atom stereocenters. The van der Waals surface area contributed by atoms with Gasteiger partial charge in [0.15, 0.2) is 4.91 Å². The summed E-state index contributed by atoms with van der Waals surface area (Å²) in [7, 11) is -4.36. The van der Waals surface area contributed by atoms with E-state index in [0.717, 1.165) is 25.0 Å². The highest BCUT2D eigenvalue weighted by Gasteiger charge is 2.28. The summed E-state index contributed by atoms with van der Waals surface area (Å²) in [5.74, 6) is -1.94. The van der Waals surface area contributed by atoms with Crippen LogP contribution in [0.5, 0.6) is 0 Å². The quantitative estimate of drug-likeness (QED) is 0.850. The maximum Gasteiger partial charge on any atom is 0.221 e. The second kappa shape index (κ2) is 5.59. The van der Waals surface area contributed by atoms with Crippen LogP contribution < -0.4 is 5.32 Å². The van der Waals surface area contributed by atoms with Gasteiger partial charge in [-0.1, -0.05) is 0 Å². The maximum atomic E-state index is 13.6. The third kappa shape index (κ3) is 2.65. The van der Waals surface area contributed by atoms with Crippen LogP contribution in [0.3, 0.4) is 0 Å². The second-order valence-corrected chi connectivity index (χ2v) is 6.24. The number of sulfone groups is 1. The highest BCUT2D eigenvalue weighted by atomic mass is 32.2. The molecule has 0 aliphatic carbocycles. The number of benzene rings is 1. The largest absolute Gasteiger partial charge is 0.387 e. The highest BCUT2D eigenvalue weighted by molar-refractivity contribution is 7.95. The summed E-state index contributed by atoms with van der Waals surface area (Å²) in [6.07, 6.45) is 2.02. The molecule has 1 aliphatic heterocycles. The van der Waals surface area contributed by atoms with Gasteiger partial charge in [0.25, 0.3) is 0 Å². The van der Waals surface area contributed by atoms with Gasteiger partial charge in [-0.2, -0.15) is 5.26 Å². The van der Waals surface area contributed by atoms with Gasteiger partial charge >= 0.3 is 0 Å². The van der Waals surface area contributed by atoms with E-state index in [9.17, 15) is 17.2 Å². The average Bonchev–Trinajstić information content (AvgIpc) is 2.43. The van der Waals surface area contributed by atoms with Crippen LogP contribution in [-0.2, 0) is 9.84 Å². The van der Waals surface area contributed by atoms with E-state index in [1.165, 1.54) is 0 Å². The Kier molecular flexibility index (Phi) is 4.04. The van der Waals surface area contributed by atoms with Crippen molar-refractivity contribution < 1.29 is 17.2 Å². The Morgan fingerprint density at radius 1 is 1.30 bits per heavy atom. The fourth-order valence-electron chi connectivity index (χ4n) is 2.03. The zero-order valence-corrected chi connectivity index (χ0v) is 11.3. The van der Waals surface area contributed by atoms with Crippen molar-refractivity contribution in [1.82, 2.24) is 5.32 Å². The van der Waals surface area contributed by atoms with Crippen LogP contribution in [0.1, 0.15) is 19.3 Å². The Bertz CT molecular complexity index is 698. The first-order valence-corrected chi connectivity index (χ1v) is 7.52. The highest BCUT2D eigenvalue weighted by Crippen LogP contribution is 2.26. The summed E-state index contributed by atoms with van der Waals surface area (Å²) in [6.45, 7) is 0.557. The van der Waals surface area contributed by atoms with Crippen molar-refractivity contribution in [3.05, 3.63) is 40.4 Å². The molecule has 0 atom stereocenters. The molecule has 0 spiro atoms. The van der Waals surface area contributed by atoms with E-state index in [2.05, 4.69) is 5.32 Å². The fourth-order valence-corrected chi connectivity index (χ4v) is 3.46. The van der Waals surface area contributed by atoms with E-state index < -0.39 is 31.3 Å². The van der Waals surface area contributed by atoms with Crippen molar-refractivity contribution in [2.24, 2.45) is 0 Å². The molecule has 1 aromatic carbocycles. The molecule has 2 rings (SSSR count). The third-order valence-electron chi connectivity index (χ3n) is 3.02. The first-order chi connectivity index (χ1) is 9.46. The Hall–Kier alpha value is -1.94.